The normalized spacial score (nSPS) is 12.6. The first-order valence-electron chi connectivity index (χ1n) is 9.25. The van der Waals surface area contributed by atoms with Crippen molar-refractivity contribution < 1.29 is 18.4 Å². The number of amides is 2. The van der Waals surface area contributed by atoms with Crippen molar-refractivity contribution >= 4 is 17.5 Å². The van der Waals surface area contributed by atoms with Crippen molar-refractivity contribution in [3.8, 4) is 0 Å². The summed E-state index contributed by atoms with van der Waals surface area (Å²) in [7, 11) is 0. The van der Waals surface area contributed by atoms with Crippen molar-refractivity contribution in [2.24, 2.45) is 0 Å². The molecule has 0 atom stereocenters. The van der Waals surface area contributed by atoms with E-state index in [1.807, 2.05) is 18.2 Å². The molecule has 4 rings (SSSR count). The lowest BCUT2D eigenvalue weighted by atomic mass is 10.1. The summed E-state index contributed by atoms with van der Waals surface area (Å²) in [5.41, 5.74) is 3.11. The molecule has 29 heavy (non-hydrogen) atoms. The third-order valence-corrected chi connectivity index (χ3v) is 4.95. The molecule has 1 N–H and O–H groups in total. The van der Waals surface area contributed by atoms with Crippen LogP contribution in [0.15, 0.2) is 66.7 Å². The second kappa shape index (κ2) is 7.83. The molecule has 0 aliphatic carbocycles. The topological polar surface area (TPSA) is 49.4 Å². The minimum Gasteiger partial charge on any atom is -0.348 e. The van der Waals surface area contributed by atoms with Crippen LogP contribution in [0.4, 0.5) is 14.5 Å². The van der Waals surface area contributed by atoms with Crippen LogP contribution in [-0.2, 0) is 13.0 Å². The average Bonchev–Trinajstić information content (AvgIpc) is 3.15. The lowest BCUT2D eigenvalue weighted by molar-refractivity contribution is 0.0945. The Balaban J connectivity index is 1.46. The molecule has 2 amide bonds. The van der Waals surface area contributed by atoms with E-state index in [9.17, 15) is 18.4 Å². The number of anilines is 1. The summed E-state index contributed by atoms with van der Waals surface area (Å²) in [6.45, 7) is 0.795. The zero-order valence-electron chi connectivity index (χ0n) is 15.5. The van der Waals surface area contributed by atoms with Gasteiger partial charge >= 0.3 is 0 Å². The monoisotopic (exact) mass is 392 g/mol. The van der Waals surface area contributed by atoms with Gasteiger partial charge in [-0.25, -0.2) is 8.78 Å². The summed E-state index contributed by atoms with van der Waals surface area (Å²) < 4.78 is 26.8. The third kappa shape index (κ3) is 3.87. The van der Waals surface area contributed by atoms with Crippen molar-refractivity contribution in [3.63, 3.8) is 0 Å². The maximum Gasteiger partial charge on any atom is 0.258 e. The molecule has 1 heterocycles. The van der Waals surface area contributed by atoms with Gasteiger partial charge in [-0.15, -0.1) is 0 Å². The lowest BCUT2D eigenvalue weighted by Gasteiger charge is -2.18. The Morgan fingerprint density at radius 3 is 2.48 bits per heavy atom. The van der Waals surface area contributed by atoms with E-state index >= 15 is 0 Å². The zero-order valence-corrected chi connectivity index (χ0v) is 15.5. The number of carbonyl (C=O) groups excluding carboxylic acids is 2. The van der Waals surface area contributed by atoms with Gasteiger partial charge in [-0.1, -0.05) is 24.3 Å². The smallest absolute Gasteiger partial charge is 0.258 e. The van der Waals surface area contributed by atoms with E-state index in [-0.39, 0.29) is 23.8 Å². The van der Waals surface area contributed by atoms with Gasteiger partial charge in [-0.05, 0) is 60.0 Å². The fourth-order valence-electron chi connectivity index (χ4n) is 3.45. The molecular weight excluding hydrogens is 374 g/mol. The van der Waals surface area contributed by atoms with Crippen LogP contribution in [0.25, 0.3) is 0 Å². The Morgan fingerprint density at radius 2 is 1.72 bits per heavy atom. The van der Waals surface area contributed by atoms with Crippen LogP contribution in [-0.4, -0.2) is 18.4 Å². The zero-order chi connectivity index (χ0) is 20.4. The number of hydrogen-bond donors (Lipinski definition) is 1. The molecule has 0 fully saturated rings. The van der Waals surface area contributed by atoms with E-state index in [1.54, 1.807) is 11.0 Å². The predicted octanol–water partition coefficient (Wildman–Crippen LogP) is 4.10. The number of benzene rings is 3. The van der Waals surface area contributed by atoms with Crippen LogP contribution in [0.2, 0.25) is 0 Å². The van der Waals surface area contributed by atoms with Crippen LogP contribution in [0.3, 0.4) is 0 Å². The highest BCUT2D eigenvalue weighted by atomic mass is 19.1. The van der Waals surface area contributed by atoms with Crippen LogP contribution in [0, 0.1) is 11.6 Å². The molecule has 0 bridgehead atoms. The molecule has 0 aromatic heterocycles. The fraction of sp³-hybridized carbons (Fsp3) is 0.130. The van der Waals surface area contributed by atoms with Gasteiger partial charge < -0.3 is 10.2 Å². The molecule has 0 unspecified atom stereocenters. The molecule has 146 valence electrons. The number of nitrogens with zero attached hydrogens (tertiary/aromatic N) is 1. The SMILES string of the molecule is O=C(NCc1ccc2c(c1)CCN2C(=O)c1ccc(F)cc1)c1ccccc1F. The first kappa shape index (κ1) is 18.8. The number of nitrogens with one attached hydrogen (secondary N) is 1. The fourth-order valence-corrected chi connectivity index (χ4v) is 3.45. The first-order chi connectivity index (χ1) is 14.0. The Labute approximate surface area is 166 Å². The van der Waals surface area contributed by atoms with Crippen molar-refractivity contribution in [2.75, 3.05) is 11.4 Å². The highest BCUT2D eigenvalue weighted by molar-refractivity contribution is 6.07. The number of halogens is 2. The van der Waals surface area contributed by atoms with Gasteiger partial charge in [0.1, 0.15) is 11.6 Å². The maximum absolute atomic E-state index is 13.7. The van der Waals surface area contributed by atoms with E-state index in [0.29, 0.717) is 18.5 Å². The van der Waals surface area contributed by atoms with Crippen LogP contribution < -0.4 is 10.2 Å². The molecule has 1 aliphatic rings. The molecular formula is C23H18F2N2O2. The quantitative estimate of drug-likeness (QED) is 0.727. The molecule has 0 saturated heterocycles. The van der Waals surface area contributed by atoms with Crippen molar-refractivity contribution in [1.82, 2.24) is 5.32 Å². The van der Waals surface area contributed by atoms with Gasteiger partial charge in [0.25, 0.3) is 11.8 Å². The number of carbonyl (C=O) groups is 2. The molecule has 3 aromatic rings. The van der Waals surface area contributed by atoms with E-state index in [1.165, 1.54) is 42.5 Å². The minimum absolute atomic E-state index is 0.00438. The van der Waals surface area contributed by atoms with Gasteiger partial charge in [-0.2, -0.15) is 0 Å². The first-order valence-corrected chi connectivity index (χ1v) is 9.25. The molecule has 0 saturated carbocycles. The number of fused-ring (bicyclic) bond motifs is 1. The Hall–Kier alpha value is -3.54. The number of hydrogen-bond acceptors (Lipinski definition) is 2. The lowest BCUT2D eigenvalue weighted by Crippen LogP contribution is -2.28. The maximum atomic E-state index is 13.7. The highest BCUT2D eigenvalue weighted by Crippen LogP contribution is 2.30. The Morgan fingerprint density at radius 1 is 0.966 bits per heavy atom. The minimum atomic E-state index is -0.561. The van der Waals surface area contributed by atoms with E-state index in [2.05, 4.69) is 5.32 Å². The highest BCUT2D eigenvalue weighted by Gasteiger charge is 2.25. The van der Waals surface area contributed by atoms with Gasteiger partial charge in [0.05, 0.1) is 5.56 Å². The van der Waals surface area contributed by atoms with Gasteiger partial charge in [-0.3, -0.25) is 9.59 Å². The average molecular weight is 392 g/mol. The second-order valence-corrected chi connectivity index (χ2v) is 6.84. The van der Waals surface area contributed by atoms with Crippen molar-refractivity contribution in [2.45, 2.75) is 13.0 Å². The summed E-state index contributed by atoms with van der Waals surface area (Å²) >= 11 is 0. The van der Waals surface area contributed by atoms with Gasteiger partial charge in [0, 0.05) is 24.3 Å². The Bertz CT molecular complexity index is 1080. The van der Waals surface area contributed by atoms with Crippen molar-refractivity contribution in [1.29, 1.82) is 0 Å². The summed E-state index contributed by atoms with van der Waals surface area (Å²) in [5, 5.41) is 2.72. The second-order valence-electron chi connectivity index (χ2n) is 6.84. The molecule has 0 spiro atoms. The van der Waals surface area contributed by atoms with E-state index < -0.39 is 11.7 Å². The predicted molar refractivity (Wildman–Crippen MR) is 106 cm³/mol. The summed E-state index contributed by atoms with van der Waals surface area (Å²) in [4.78, 5) is 26.6. The Kier molecular flexibility index (Phi) is 5.08. The largest absolute Gasteiger partial charge is 0.348 e. The third-order valence-electron chi connectivity index (χ3n) is 4.95. The molecule has 1 aliphatic heterocycles. The standard InChI is InChI=1S/C23H18F2N2O2/c24-18-8-6-16(7-9-18)23(29)27-12-11-17-13-15(5-10-21(17)27)14-26-22(28)19-3-1-2-4-20(19)25/h1-10,13H,11-12,14H2,(H,26,28). The molecule has 4 nitrogen and oxygen atoms in total. The summed E-state index contributed by atoms with van der Waals surface area (Å²) in [5.74, 6) is -1.60. The number of rotatable bonds is 4. The van der Waals surface area contributed by atoms with Crippen molar-refractivity contribution in [3.05, 3.63) is 101 Å². The van der Waals surface area contributed by atoms with Crippen LogP contribution in [0.5, 0.6) is 0 Å². The van der Waals surface area contributed by atoms with E-state index in [4.69, 9.17) is 0 Å². The summed E-state index contributed by atoms with van der Waals surface area (Å²) in [6, 6.07) is 16.9. The molecule has 6 heteroatoms. The van der Waals surface area contributed by atoms with Gasteiger partial charge in [0.15, 0.2) is 0 Å². The van der Waals surface area contributed by atoms with Crippen LogP contribution in [0.1, 0.15) is 31.8 Å². The summed E-state index contributed by atoms with van der Waals surface area (Å²) in [6.07, 6.45) is 0.692. The molecule has 3 aromatic carbocycles. The molecule has 0 radical (unpaired) electrons. The van der Waals surface area contributed by atoms with E-state index in [0.717, 1.165) is 16.8 Å². The van der Waals surface area contributed by atoms with Crippen LogP contribution >= 0.6 is 0 Å². The van der Waals surface area contributed by atoms with Gasteiger partial charge in [0.2, 0.25) is 0 Å².